The van der Waals surface area contributed by atoms with Crippen LogP contribution in [-0.4, -0.2) is 98.3 Å². The summed E-state index contributed by atoms with van der Waals surface area (Å²) in [5, 5.41) is 50.1. The molecule has 13 nitrogen and oxygen atoms in total. The van der Waals surface area contributed by atoms with Crippen LogP contribution in [0.25, 0.3) is 0 Å². The number of rotatable bonds is 38. The minimum atomic E-state index is -5.13. The number of hydrogen-bond donors (Lipinski definition) is 6. The van der Waals surface area contributed by atoms with Crippen molar-refractivity contribution in [1.29, 1.82) is 0 Å². The minimum absolute atomic E-state index is 0.0802. The zero-order chi connectivity index (χ0) is 45.0. The van der Waals surface area contributed by atoms with Gasteiger partial charge in [0.25, 0.3) is 0 Å². The number of ether oxygens (including phenoxy) is 2. The van der Waals surface area contributed by atoms with Crippen molar-refractivity contribution in [3.63, 3.8) is 0 Å². The van der Waals surface area contributed by atoms with Crippen LogP contribution in [0.1, 0.15) is 181 Å². The molecule has 0 saturated heterocycles. The maximum Gasteiger partial charge on any atom is 0.472 e. The number of phosphoric ester groups is 1. The molecule has 61 heavy (non-hydrogen) atoms. The highest BCUT2D eigenvalue weighted by molar-refractivity contribution is 7.47. The van der Waals surface area contributed by atoms with Gasteiger partial charge in [-0.2, -0.15) is 0 Å². The van der Waals surface area contributed by atoms with Crippen molar-refractivity contribution in [3.8, 4) is 0 Å². The van der Waals surface area contributed by atoms with Gasteiger partial charge < -0.3 is 39.9 Å². The Balaban J connectivity index is 2.50. The minimum Gasteiger partial charge on any atom is -0.462 e. The SMILES string of the molecule is CCCCCC/C=C/CCCCCCCCCC(=O)O[C@@H](COC(=O)CCC/C=C/C/C=C/C/C=C/CCCCCCCC)COP(=O)(O)OC1C(O)C(O)C(O)[C@H](O)C1O. The Morgan fingerprint density at radius 1 is 0.508 bits per heavy atom. The summed E-state index contributed by atoms with van der Waals surface area (Å²) in [6, 6.07) is 0. The second kappa shape index (κ2) is 37.2. The molecule has 0 heterocycles. The van der Waals surface area contributed by atoms with E-state index in [1.54, 1.807) is 0 Å². The molecule has 0 bridgehead atoms. The Hall–Kier alpha value is -2.19. The summed E-state index contributed by atoms with van der Waals surface area (Å²) in [5.74, 6) is -1.17. The largest absolute Gasteiger partial charge is 0.472 e. The van der Waals surface area contributed by atoms with Crippen molar-refractivity contribution in [1.82, 2.24) is 0 Å². The molecule has 1 fully saturated rings. The van der Waals surface area contributed by atoms with Crippen LogP contribution in [0, 0.1) is 0 Å². The first-order valence-electron chi connectivity index (χ1n) is 23.4. The summed E-state index contributed by atoms with van der Waals surface area (Å²) in [6.45, 7) is 3.23. The summed E-state index contributed by atoms with van der Waals surface area (Å²) in [6.07, 6.45) is 30.3. The van der Waals surface area contributed by atoms with E-state index in [-0.39, 0.29) is 12.8 Å². The lowest BCUT2D eigenvalue weighted by atomic mass is 9.85. The number of aliphatic hydroxyl groups excluding tert-OH is 5. The van der Waals surface area contributed by atoms with Gasteiger partial charge in [-0.1, -0.05) is 146 Å². The summed E-state index contributed by atoms with van der Waals surface area (Å²) in [7, 11) is -5.13. The van der Waals surface area contributed by atoms with Crippen molar-refractivity contribution >= 4 is 19.8 Å². The number of phosphoric acid groups is 1. The average molecular weight is 887 g/mol. The third-order valence-corrected chi connectivity index (χ3v) is 11.6. The standard InChI is InChI=1S/C47H83O13P/c1-3-5-7-9-11-13-15-17-19-20-22-23-25-27-29-31-33-35-40(48)57-37-39(38-58-61(55,56)60-47-45(53)43(51)42(50)44(52)46(47)54)59-41(49)36-34-32-30-28-26-24-21-18-16-14-12-10-8-6-4-2/h14,16-17,19,22-23,27,29,39,42-47,50-54H,3-13,15,18,20-21,24-26,28,30-38H2,1-2H3,(H,55,56)/b16-14+,19-17+,23-22+,29-27+/t39-,42?,43-,44?,45?,46?,47?/m0/s1. The molecule has 6 N–H and O–H groups in total. The fourth-order valence-corrected chi connectivity index (χ4v) is 7.80. The zero-order valence-electron chi connectivity index (χ0n) is 37.4. The normalized spacial score (nSPS) is 22.4. The average Bonchev–Trinajstić information content (AvgIpc) is 3.24. The van der Waals surface area contributed by atoms with Crippen LogP contribution in [0.15, 0.2) is 48.6 Å². The molecule has 0 aromatic heterocycles. The first kappa shape index (κ1) is 56.8. The first-order chi connectivity index (χ1) is 29.4. The third-order valence-electron chi connectivity index (χ3n) is 10.6. The lowest BCUT2D eigenvalue weighted by Gasteiger charge is -2.41. The van der Waals surface area contributed by atoms with E-state index in [4.69, 9.17) is 18.5 Å². The Kier molecular flexibility index (Phi) is 34.7. The predicted octanol–water partition coefficient (Wildman–Crippen LogP) is 9.17. The second-order valence-electron chi connectivity index (χ2n) is 16.3. The van der Waals surface area contributed by atoms with E-state index < -0.39 is 75.7 Å². The van der Waals surface area contributed by atoms with Gasteiger partial charge in [-0.05, 0) is 70.6 Å². The van der Waals surface area contributed by atoms with Crippen LogP contribution < -0.4 is 0 Å². The number of esters is 2. The molecule has 0 spiro atoms. The Morgan fingerprint density at radius 3 is 1.43 bits per heavy atom. The highest BCUT2D eigenvalue weighted by Crippen LogP contribution is 2.47. The van der Waals surface area contributed by atoms with Crippen LogP contribution in [-0.2, 0) is 32.7 Å². The van der Waals surface area contributed by atoms with Gasteiger partial charge in [-0.3, -0.25) is 18.6 Å². The van der Waals surface area contributed by atoms with Gasteiger partial charge in [0.1, 0.15) is 43.2 Å². The Labute approximate surface area is 367 Å². The third kappa shape index (κ3) is 29.7. The van der Waals surface area contributed by atoms with E-state index in [1.807, 2.05) is 12.2 Å². The van der Waals surface area contributed by atoms with Crippen molar-refractivity contribution in [3.05, 3.63) is 48.6 Å². The lowest BCUT2D eigenvalue weighted by Crippen LogP contribution is -2.64. The molecule has 0 amide bonds. The Bertz CT molecular complexity index is 1250. The molecule has 1 aliphatic carbocycles. The Morgan fingerprint density at radius 2 is 0.902 bits per heavy atom. The van der Waals surface area contributed by atoms with E-state index in [9.17, 15) is 44.6 Å². The second-order valence-corrected chi connectivity index (χ2v) is 17.7. The van der Waals surface area contributed by atoms with E-state index in [2.05, 4.69) is 50.3 Å². The molecule has 1 saturated carbocycles. The van der Waals surface area contributed by atoms with Crippen molar-refractivity contribution < 1.29 is 63.1 Å². The van der Waals surface area contributed by atoms with E-state index >= 15 is 0 Å². The topological polar surface area (TPSA) is 210 Å². The predicted molar refractivity (Wildman–Crippen MR) is 239 cm³/mol. The molecule has 6 unspecified atom stereocenters. The van der Waals surface area contributed by atoms with E-state index in [1.165, 1.54) is 70.6 Å². The molecule has 14 heteroatoms. The van der Waals surface area contributed by atoms with Gasteiger partial charge in [-0.15, -0.1) is 0 Å². The van der Waals surface area contributed by atoms with Gasteiger partial charge in [0.2, 0.25) is 0 Å². The van der Waals surface area contributed by atoms with Crippen molar-refractivity contribution in [2.75, 3.05) is 13.2 Å². The van der Waals surface area contributed by atoms with Crippen LogP contribution in [0.2, 0.25) is 0 Å². The number of unbranched alkanes of at least 4 members (excludes halogenated alkanes) is 18. The summed E-state index contributed by atoms with van der Waals surface area (Å²) in [5.41, 5.74) is 0. The molecule has 8 atom stereocenters. The molecule has 1 rings (SSSR count). The number of allylic oxidation sites excluding steroid dienone is 8. The van der Waals surface area contributed by atoms with Crippen molar-refractivity contribution in [2.24, 2.45) is 0 Å². The summed E-state index contributed by atoms with van der Waals surface area (Å²) < 4.78 is 33.5. The van der Waals surface area contributed by atoms with E-state index in [0.717, 1.165) is 64.2 Å². The maximum atomic E-state index is 12.8. The molecular formula is C47H83O13P. The van der Waals surface area contributed by atoms with Gasteiger partial charge in [0.15, 0.2) is 6.10 Å². The number of hydrogen-bond acceptors (Lipinski definition) is 12. The molecule has 0 radical (unpaired) electrons. The summed E-state index contributed by atoms with van der Waals surface area (Å²) in [4.78, 5) is 35.7. The molecule has 0 aromatic carbocycles. The molecule has 0 aliphatic heterocycles. The zero-order valence-corrected chi connectivity index (χ0v) is 38.3. The van der Waals surface area contributed by atoms with Crippen molar-refractivity contribution in [2.45, 2.75) is 224 Å². The highest BCUT2D eigenvalue weighted by Gasteiger charge is 2.51. The van der Waals surface area contributed by atoms with Crippen LogP contribution in [0.5, 0.6) is 0 Å². The van der Waals surface area contributed by atoms with Gasteiger partial charge in [0.05, 0.1) is 6.61 Å². The molecular weight excluding hydrogens is 803 g/mol. The van der Waals surface area contributed by atoms with Crippen LogP contribution in [0.4, 0.5) is 0 Å². The van der Waals surface area contributed by atoms with Gasteiger partial charge in [-0.25, -0.2) is 4.57 Å². The quantitative estimate of drug-likeness (QED) is 0.0148. The summed E-state index contributed by atoms with van der Waals surface area (Å²) >= 11 is 0. The monoisotopic (exact) mass is 887 g/mol. The fourth-order valence-electron chi connectivity index (χ4n) is 6.83. The van der Waals surface area contributed by atoms with E-state index in [0.29, 0.717) is 19.3 Å². The maximum absolute atomic E-state index is 12.8. The van der Waals surface area contributed by atoms with Gasteiger partial charge in [0, 0.05) is 12.8 Å². The number of aliphatic hydroxyl groups is 5. The fraction of sp³-hybridized carbons (Fsp3) is 0.787. The number of carbonyl (C=O) groups is 2. The molecule has 1 aliphatic rings. The lowest BCUT2D eigenvalue weighted by molar-refractivity contribution is -0.220. The van der Waals surface area contributed by atoms with Crippen LogP contribution >= 0.6 is 7.82 Å². The first-order valence-corrected chi connectivity index (χ1v) is 24.9. The van der Waals surface area contributed by atoms with Gasteiger partial charge >= 0.3 is 19.8 Å². The molecule has 354 valence electrons. The highest BCUT2D eigenvalue weighted by atomic mass is 31.2. The number of carbonyl (C=O) groups excluding carboxylic acids is 2. The smallest absolute Gasteiger partial charge is 0.462 e. The van der Waals surface area contributed by atoms with Crippen LogP contribution in [0.3, 0.4) is 0 Å². The molecule has 0 aromatic rings.